The quantitative estimate of drug-likeness (QED) is 0.465. The highest BCUT2D eigenvalue weighted by Crippen LogP contribution is 2.40. The number of nitrogens with zero attached hydrogens (tertiary/aromatic N) is 1. The van der Waals surface area contributed by atoms with Crippen LogP contribution in [0.1, 0.15) is 43.4 Å². The van der Waals surface area contributed by atoms with E-state index in [9.17, 15) is 18.7 Å². The number of amides is 1. The Balaban J connectivity index is 1.50. The Morgan fingerprint density at radius 1 is 0.939 bits per heavy atom. The van der Waals surface area contributed by atoms with Crippen molar-refractivity contribution in [2.75, 3.05) is 13.2 Å². The molecule has 1 fully saturated rings. The molecule has 4 rings (SSSR count). The van der Waals surface area contributed by atoms with Crippen molar-refractivity contribution in [3.05, 3.63) is 95.6 Å². The molecule has 0 aromatic heterocycles. The Morgan fingerprint density at radius 2 is 1.48 bits per heavy atom. The highest BCUT2D eigenvalue weighted by atomic mass is 19.1. The lowest BCUT2D eigenvalue weighted by atomic mass is 9.84. The molecule has 2 atom stereocenters. The van der Waals surface area contributed by atoms with Crippen molar-refractivity contribution in [1.29, 1.82) is 0 Å². The first-order valence-electron chi connectivity index (χ1n) is 11.1. The van der Waals surface area contributed by atoms with E-state index < -0.39 is 11.7 Å². The minimum absolute atomic E-state index is 0.0129. The van der Waals surface area contributed by atoms with E-state index in [0.717, 1.165) is 22.3 Å². The maximum Gasteiger partial charge on any atom is 0.411 e. The van der Waals surface area contributed by atoms with Gasteiger partial charge in [0.2, 0.25) is 0 Å². The summed E-state index contributed by atoms with van der Waals surface area (Å²) in [6.45, 7) is 2.41. The molecule has 3 aromatic rings. The number of halogens is 2. The first-order valence-corrected chi connectivity index (χ1v) is 11.1. The predicted octanol–water partition coefficient (Wildman–Crippen LogP) is 6.20. The molecule has 0 saturated carbocycles. The van der Waals surface area contributed by atoms with Gasteiger partial charge in [-0.25, -0.2) is 13.6 Å². The van der Waals surface area contributed by atoms with Gasteiger partial charge in [0.15, 0.2) is 0 Å². The van der Waals surface area contributed by atoms with Crippen LogP contribution in [-0.2, 0) is 10.3 Å². The molecular formula is C27H27F2NO3. The summed E-state index contributed by atoms with van der Waals surface area (Å²) in [5, 5.41) is 9.35. The Kier molecular flexibility index (Phi) is 6.75. The third kappa shape index (κ3) is 4.91. The fourth-order valence-electron chi connectivity index (χ4n) is 4.44. The molecule has 0 aliphatic carbocycles. The van der Waals surface area contributed by atoms with E-state index >= 15 is 0 Å². The third-order valence-corrected chi connectivity index (χ3v) is 6.42. The summed E-state index contributed by atoms with van der Waals surface area (Å²) in [4.78, 5) is 14.8. The van der Waals surface area contributed by atoms with Crippen LogP contribution in [0.3, 0.4) is 0 Å². The molecule has 1 saturated heterocycles. The van der Waals surface area contributed by atoms with E-state index in [2.05, 4.69) is 0 Å². The number of hydrogen-bond acceptors (Lipinski definition) is 3. The second kappa shape index (κ2) is 9.71. The topological polar surface area (TPSA) is 49.8 Å². The number of carbonyl (C=O) groups excluding carboxylic acids is 1. The van der Waals surface area contributed by atoms with Crippen LogP contribution in [0.15, 0.2) is 72.8 Å². The SMILES string of the molecule is C[C@@H](c1ccc(-c2ccc(F)cc2)cc1)N1CCC(CCCO)(c2ccc(F)cc2)OC1=O. The number of cyclic esters (lactones) is 1. The summed E-state index contributed by atoms with van der Waals surface area (Å²) in [5.41, 5.74) is 2.70. The molecule has 1 heterocycles. The van der Waals surface area contributed by atoms with E-state index in [4.69, 9.17) is 4.74 Å². The lowest BCUT2D eigenvalue weighted by Gasteiger charge is -2.43. The van der Waals surface area contributed by atoms with Crippen molar-refractivity contribution in [3.63, 3.8) is 0 Å². The number of ether oxygens (including phenoxy) is 1. The fraction of sp³-hybridized carbons (Fsp3) is 0.296. The minimum atomic E-state index is -0.879. The molecule has 3 aromatic carbocycles. The largest absolute Gasteiger partial charge is 0.438 e. The lowest BCUT2D eigenvalue weighted by molar-refractivity contribution is -0.0680. The standard InChI is InChI=1S/C27H27F2NO3/c1-19(20-3-5-21(6-4-20)22-7-11-24(28)12-8-22)30-17-16-27(15-2-18-31,33-26(30)32)23-9-13-25(29)14-10-23/h3-14,19,31H,2,15-18H2,1H3/t19-,27?/m0/s1. The lowest BCUT2D eigenvalue weighted by Crippen LogP contribution is -2.48. The molecule has 1 aliphatic heterocycles. The van der Waals surface area contributed by atoms with Crippen molar-refractivity contribution in [2.24, 2.45) is 0 Å². The summed E-state index contributed by atoms with van der Waals surface area (Å²) in [6.07, 6.45) is 1.06. The Hall–Kier alpha value is -3.25. The van der Waals surface area contributed by atoms with Gasteiger partial charge in [0, 0.05) is 19.6 Å². The van der Waals surface area contributed by atoms with Crippen molar-refractivity contribution in [1.82, 2.24) is 4.90 Å². The van der Waals surface area contributed by atoms with Crippen molar-refractivity contribution >= 4 is 6.09 Å². The van der Waals surface area contributed by atoms with Crippen molar-refractivity contribution in [2.45, 2.75) is 37.8 Å². The van der Waals surface area contributed by atoms with Crippen molar-refractivity contribution in [3.8, 4) is 11.1 Å². The molecule has 0 radical (unpaired) electrons. The summed E-state index contributed by atoms with van der Waals surface area (Å²) >= 11 is 0. The molecule has 1 aliphatic rings. The van der Waals surface area contributed by atoms with Crippen molar-refractivity contribution < 1.29 is 23.4 Å². The Morgan fingerprint density at radius 3 is 2.03 bits per heavy atom. The van der Waals surface area contributed by atoms with Gasteiger partial charge >= 0.3 is 6.09 Å². The van der Waals surface area contributed by atoms with E-state index in [1.54, 1.807) is 29.2 Å². The maximum absolute atomic E-state index is 13.4. The van der Waals surface area contributed by atoms with E-state index in [1.807, 2.05) is 31.2 Å². The predicted molar refractivity (Wildman–Crippen MR) is 122 cm³/mol. The fourth-order valence-corrected chi connectivity index (χ4v) is 4.44. The second-order valence-corrected chi connectivity index (χ2v) is 8.44. The minimum Gasteiger partial charge on any atom is -0.438 e. The third-order valence-electron chi connectivity index (χ3n) is 6.42. The van der Waals surface area contributed by atoms with E-state index in [0.29, 0.717) is 25.8 Å². The van der Waals surface area contributed by atoms with Crippen LogP contribution in [0.2, 0.25) is 0 Å². The van der Waals surface area contributed by atoms with Crippen LogP contribution in [0, 0.1) is 11.6 Å². The van der Waals surface area contributed by atoms with Gasteiger partial charge in [-0.3, -0.25) is 0 Å². The molecule has 4 nitrogen and oxygen atoms in total. The summed E-state index contributed by atoms with van der Waals surface area (Å²) in [5.74, 6) is -0.624. The molecule has 172 valence electrons. The zero-order valence-electron chi connectivity index (χ0n) is 18.5. The average Bonchev–Trinajstić information content (AvgIpc) is 2.83. The smallest absolute Gasteiger partial charge is 0.411 e. The molecule has 0 spiro atoms. The Bertz CT molecular complexity index is 1080. The number of hydrogen-bond donors (Lipinski definition) is 1. The summed E-state index contributed by atoms with van der Waals surface area (Å²) in [6, 6.07) is 20.0. The van der Waals surface area contributed by atoms with Gasteiger partial charge in [-0.15, -0.1) is 0 Å². The average molecular weight is 452 g/mol. The van der Waals surface area contributed by atoms with Crippen LogP contribution >= 0.6 is 0 Å². The van der Waals surface area contributed by atoms with Gasteiger partial charge in [0.05, 0.1) is 6.04 Å². The molecule has 33 heavy (non-hydrogen) atoms. The monoisotopic (exact) mass is 451 g/mol. The molecule has 6 heteroatoms. The van der Waals surface area contributed by atoms with Gasteiger partial charge in [0.25, 0.3) is 0 Å². The molecule has 1 unspecified atom stereocenters. The number of benzene rings is 3. The summed E-state index contributed by atoms with van der Waals surface area (Å²) in [7, 11) is 0. The number of carbonyl (C=O) groups is 1. The maximum atomic E-state index is 13.4. The van der Waals surface area contributed by atoms with E-state index in [1.165, 1.54) is 24.3 Å². The highest BCUT2D eigenvalue weighted by molar-refractivity contribution is 5.70. The van der Waals surface area contributed by atoms with Crippen LogP contribution in [-0.4, -0.2) is 29.3 Å². The number of rotatable bonds is 7. The van der Waals surface area contributed by atoms with Crippen LogP contribution in [0.5, 0.6) is 0 Å². The van der Waals surface area contributed by atoms with Gasteiger partial charge in [-0.2, -0.15) is 0 Å². The van der Waals surface area contributed by atoms with Gasteiger partial charge in [-0.1, -0.05) is 48.5 Å². The van der Waals surface area contributed by atoms with Gasteiger partial charge in [-0.05, 0) is 66.3 Å². The van der Waals surface area contributed by atoms with E-state index in [-0.39, 0.29) is 24.3 Å². The highest BCUT2D eigenvalue weighted by Gasteiger charge is 2.43. The van der Waals surface area contributed by atoms with Gasteiger partial charge in [0.1, 0.15) is 17.2 Å². The molecule has 1 N–H and O–H groups in total. The Labute approximate surface area is 192 Å². The molecule has 0 bridgehead atoms. The number of aliphatic hydroxyl groups excluding tert-OH is 1. The normalized spacial score (nSPS) is 19.3. The molecule has 1 amide bonds. The summed E-state index contributed by atoms with van der Waals surface area (Å²) < 4.78 is 32.6. The van der Waals surface area contributed by atoms with Crippen LogP contribution in [0.25, 0.3) is 11.1 Å². The second-order valence-electron chi connectivity index (χ2n) is 8.44. The first-order chi connectivity index (χ1) is 15.9. The molecular weight excluding hydrogens is 424 g/mol. The number of aliphatic hydroxyl groups is 1. The van der Waals surface area contributed by atoms with Crippen LogP contribution < -0.4 is 0 Å². The van der Waals surface area contributed by atoms with Crippen LogP contribution in [0.4, 0.5) is 13.6 Å². The van der Waals surface area contributed by atoms with Gasteiger partial charge < -0.3 is 14.7 Å². The first kappa shape index (κ1) is 22.9. The zero-order valence-corrected chi connectivity index (χ0v) is 18.5. The zero-order chi connectivity index (χ0) is 23.4.